The predicted molar refractivity (Wildman–Crippen MR) is 89.1 cm³/mol. The van der Waals surface area contributed by atoms with Crippen LogP contribution in [0.2, 0.25) is 5.02 Å². The molecule has 1 atom stereocenters. The van der Waals surface area contributed by atoms with Gasteiger partial charge < -0.3 is 9.84 Å². The summed E-state index contributed by atoms with van der Waals surface area (Å²) in [5.41, 5.74) is 2.38. The molecule has 0 bridgehead atoms. The summed E-state index contributed by atoms with van der Waals surface area (Å²) < 4.78 is 5.50. The second-order valence-corrected chi connectivity index (χ2v) is 6.75. The zero-order valence-corrected chi connectivity index (χ0v) is 13.6. The summed E-state index contributed by atoms with van der Waals surface area (Å²) in [4.78, 5) is 2.48. The van der Waals surface area contributed by atoms with Crippen LogP contribution in [-0.4, -0.2) is 42.9 Å². The molecule has 2 aliphatic rings. The minimum absolute atomic E-state index is 0.342. The lowest BCUT2D eigenvalue weighted by atomic mass is 9.87. The van der Waals surface area contributed by atoms with Crippen LogP contribution >= 0.6 is 11.6 Å². The third kappa shape index (κ3) is 4.11. The van der Waals surface area contributed by atoms with E-state index in [0.29, 0.717) is 10.9 Å². The molecule has 0 aliphatic carbocycles. The number of aliphatic hydroxyl groups excluding tert-OH is 1. The van der Waals surface area contributed by atoms with Gasteiger partial charge in [-0.25, -0.2) is 0 Å². The minimum Gasteiger partial charge on any atom is -0.388 e. The van der Waals surface area contributed by atoms with Crippen molar-refractivity contribution in [2.75, 3.05) is 32.8 Å². The van der Waals surface area contributed by atoms with E-state index in [1.165, 1.54) is 5.57 Å². The van der Waals surface area contributed by atoms with Crippen LogP contribution in [0.1, 0.15) is 30.9 Å². The van der Waals surface area contributed by atoms with Crippen molar-refractivity contribution in [1.29, 1.82) is 0 Å². The number of benzene rings is 1. The summed E-state index contributed by atoms with van der Waals surface area (Å²) in [5, 5.41) is 11.3. The number of likely N-dealkylation sites (tertiary alicyclic amines) is 1. The first-order valence-electron chi connectivity index (χ1n) is 8.14. The molecule has 1 aromatic rings. The molecule has 2 aliphatic heterocycles. The quantitative estimate of drug-likeness (QED) is 0.862. The molecule has 1 fully saturated rings. The second-order valence-electron chi connectivity index (χ2n) is 6.31. The summed E-state index contributed by atoms with van der Waals surface area (Å²) in [6.07, 6.45) is 5.06. The highest BCUT2D eigenvalue weighted by Gasteiger charge is 2.26. The van der Waals surface area contributed by atoms with Gasteiger partial charge in [0.05, 0.1) is 19.3 Å². The maximum absolute atomic E-state index is 10.6. The highest BCUT2D eigenvalue weighted by atomic mass is 35.5. The first-order chi connectivity index (χ1) is 10.7. The molecule has 0 saturated carbocycles. The molecule has 3 nitrogen and oxygen atoms in total. The fourth-order valence-electron chi connectivity index (χ4n) is 3.36. The van der Waals surface area contributed by atoms with E-state index in [0.717, 1.165) is 57.7 Å². The van der Waals surface area contributed by atoms with Crippen LogP contribution in [0.15, 0.2) is 35.9 Å². The monoisotopic (exact) mass is 321 g/mol. The molecule has 3 rings (SSSR count). The smallest absolute Gasteiger partial charge is 0.0819 e. The van der Waals surface area contributed by atoms with Crippen LogP contribution < -0.4 is 0 Å². The van der Waals surface area contributed by atoms with E-state index in [4.69, 9.17) is 16.3 Å². The molecular weight excluding hydrogens is 298 g/mol. The van der Waals surface area contributed by atoms with Crippen molar-refractivity contribution in [3.05, 3.63) is 46.5 Å². The number of ether oxygens (including phenoxy) is 1. The van der Waals surface area contributed by atoms with Crippen molar-refractivity contribution in [2.45, 2.75) is 25.4 Å². The second kappa shape index (κ2) is 7.60. The lowest BCUT2D eigenvalue weighted by Gasteiger charge is -2.35. The molecule has 0 amide bonds. The molecule has 0 radical (unpaired) electrons. The Morgan fingerprint density at radius 2 is 1.95 bits per heavy atom. The summed E-state index contributed by atoms with van der Waals surface area (Å²) in [7, 11) is 0. The van der Waals surface area contributed by atoms with Crippen LogP contribution in [0.5, 0.6) is 0 Å². The Bertz CT molecular complexity index is 506. The number of hydrogen-bond donors (Lipinski definition) is 1. The standard InChI is InChI=1S/C18H24ClNO2/c19-17-5-3-15(4-6-17)18(21)16-7-9-20(10-8-16)12-14-2-1-11-22-13-14/h2-6,16,18,21H,1,7-13H2. The summed E-state index contributed by atoms with van der Waals surface area (Å²) in [6.45, 7) is 4.76. The molecule has 1 unspecified atom stereocenters. The molecule has 120 valence electrons. The highest BCUT2D eigenvalue weighted by molar-refractivity contribution is 6.30. The topological polar surface area (TPSA) is 32.7 Å². The Morgan fingerprint density at radius 3 is 2.59 bits per heavy atom. The maximum atomic E-state index is 10.6. The number of piperidine rings is 1. The Labute approximate surface area is 137 Å². The first kappa shape index (κ1) is 16.0. The zero-order valence-electron chi connectivity index (χ0n) is 12.9. The van der Waals surface area contributed by atoms with Crippen molar-refractivity contribution in [3.63, 3.8) is 0 Å². The van der Waals surface area contributed by atoms with Gasteiger partial charge in [0.15, 0.2) is 0 Å². The van der Waals surface area contributed by atoms with Gasteiger partial charge in [0.2, 0.25) is 0 Å². The average molecular weight is 322 g/mol. The first-order valence-corrected chi connectivity index (χ1v) is 8.52. The minimum atomic E-state index is -0.378. The summed E-state index contributed by atoms with van der Waals surface area (Å²) in [6, 6.07) is 7.57. The third-order valence-electron chi connectivity index (χ3n) is 4.70. The largest absolute Gasteiger partial charge is 0.388 e. The van der Waals surface area contributed by atoms with Crippen LogP contribution in [-0.2, 0) is 4.74 Å². The van der Waals surface area contributed by atoms with E-state index >= 15 is 0 Å². The van der Waals surface area contributed by atoms with E-state index in [-0.39, 0.29) is 6.10 Å². The van der Waals surface area contributed by atoms with Crippen LogP contribution in [0.25, 0.3) is 0 Å². The van der Waals surface area contributed by atoms with Crippen molar-refractivity contribution in [1.82, 2.24) is 4.90 Å². The average Bonchev–Trinajstić information content (AvgIpc) is 2.57. The Hall–Kier alpha value is -0.870. The maximum Gasteiger partial charge on any atom is 0.0819 e. The van der Waals surface area contributed by atoms with Crippen molar-refractivity contribution < 1.29 is 9.84 Å². The van der Waals surface area contributed by atoms with Crippen LogP contribution in [0, 0.1) is 5.92 Å². The van der Waals surface area contributed by atoms with Gasteiger partial charge in [-0.1, -0.05) is 29.8 Å². The lowest BCUT2D eigenvalue weighted by molar-refractivity contribution is 0.0592. The Kier molecular flexibility index (Phi) is 5.53. The number of rotatable bonds is 4. The Balaban J connectivity index is 1.50. The van der Waals surface area contributed by atoms with Gasteiger partial charge in [0, 0.05) is 11.6 Å². The van der Waals surface area contributed by atoms with Crippen molar-refractivity contribution in [2.24, 2.45) is 5.92 Å². The Morgan fingerprint density at radius 1 is 1.23 bits per heavy atom. The molecule has 1 N–H and O–H groups in total. The van der Waals surface area contributed by atoms with Gasteiger partial charge in [-0.2, -0.15) is 0 Å². The van der Waals surface area contributed by atoms with Gasteiger partial charge in [0.25, 0.3) is 0 Å². The highest BCUT2D eigenvalue weighted by Crippen LogP contribution is 2.31. The molecule has 1 saturated heterocycles. The zero-order chi connectivity index (χ0) is 15.4. The summed E-state index contributed by atoms with van der Waals surface area (Å²) >= 11 is 5.91. The number of hydrogen-bond acceptors (Lipinski definition) is 3. The third-order valence-corrected chi connectivity index (χ3v) is 4.95. The van der Waals surface area contributed by atoms with Crippen molar-refractivity contribution >= 4 is 11.6 Å². The number of aliphatic hydroxyl groups is 1. The molecule has 0 spiro atoms. The normalized spacial score (nSPS) is 22.4. The molecule has 2 heterocycles. The van der Waals surface area contributed by atoms with Gasteiger partial charge in [-0.05, 0) is 61.5 Å². The number of halogens is 1. The van der Waals surface area contributed by atoms with E-state index in [1.54, 1.807) is 0 Å². The SMILES string of the molecule is OC(c1ccc(Cl)cc1)C1CCN(CC2=CCCOC2)CC1. The fraction of sp³-hybridized carbons (Fsp3) is 0.556. The predicted octanol–water partition coefficient (Wildman–Crippen LogP) is 3.43. The van der Waals surface area contributed by atoms with E-state index in [9.17, 15) is 5.11 Å². The van der Waals surface area contributed by atoms with Crippen LogP contribution in [0.4, 0.5) is 0 Å². The van der Waals surface area contributed by atoms with Gasteiger partial charge in [-0.3, -0.25) is 4.90 Å². The molecule has 1 aromatic carbocycles. The van der Waals surface area contributed by atoms with E-state index < -0.39 is 0 Å². The van der Waals surface area contributed by atoms with Gasteiger partial charge in [-0.15, -0.1) is 0 Å². The molecular formula is C18H24ClNO2. The lowest BCUT2D eigenvalue weighted by Crippen LogP contribution is -2.37. The molecule has 22 heavy (non-hydrogen) atoms. The summed E-state index contributed by atoms with van der Waals surface area (Å²) in [5.74, 6) is 0.342. The van der Waals surface area contributed by atoms with E-state index in [2.05, 4.69) is 11.0 Å². The van der Waals surface area contributed by atoms with Crippen LogP contribution in [0.3, 0.4) is 0 Å². The number of nitrogens with zero attached hydrogens (tertiary/aromatic N) is 1. The molecule has 4 heteroatoms. The van der Waals surface area contributed by atoms with Gasteiger partial charge >= 0.3 is 0 Å². The molecule has 0 aromatic heterocycles. The van der Waals surface area contributed by atoms with Crippen molar-refractivity contribution in [3.8, 4) is 0 Å². The van der Waals surface area contributed by atoms with E-state index in [1.807, 2.05) is 24.3 Å². The fourth-order valence-corrected chi connectivity index (χ4v) is 3.49. The van der Waals surface area contributed by atoms with Gasteiger partial charge in [0.1, 0.15) is 0 Å².